The van der Waals surface area contributed by atoms with E-state index in [1.165, 1.54) is 11.1 Å². The molecule has 0 aliphatic rings. The van der Waals surface area contributed by atoms with E-state index in [2.05, 4.69) is 31.2 Å². The average Bonchev–Trinajstić information content (AvgIpc) is 2.38. The Morgan fingerprint density at radius 1 is 1.11 bits per heavy atom. The van der Waals surface area contributed by atoms with Crippen LogP contribution in [0.4, 0.5) is 5.69 Å². The lowest BCUT2D eigenvalue weighted by Gasteiger charge is -2.07. The molecule has 19 heavy (non-hydrogen) atoms. The molecule has 0 fully saturated rings. The molecule has 0 heterocycles. The first-order valence-corrected chi connectivity index (χ1v) is 7.51. The highest BCUT2D eigenvalue weighted by atomic mass is 32.2. The van der Waals surface area contributed by atoms with Crippen LogP contribution >= 0.6 is 11.8 Å². The fourth-order valence-electron chi connectivity index (χ4n) is 1.81. The van der Waals surface area contributed by atoms with E-state index in [0.717, 1.165) is 22.9 Å². The lowest BCUT2D eigenvalue weighted by Crippen LogP contribution is -2.00. The Hall–Kier alpha value is -1.61. The van der Waals surface area contributed by atoms with E-state index in [4.69, 9.17) is 10.5 Å². The van der Waals surface area contributed by atoms with Crippen molar-refractivity contribution in [1.29, 1.82) is 0 Å². The predicted octanol–water partition coefficient (Wildman–Crippen LogP) is 3.89. The van der Waals surface area contributed by atoms with Gasteiger partial charge in [0.1, 0.15) is 5.75 Å². The Morgan fingerprint density at radius 2 is 1.95 bits per heavy atom. The quantitative estimate of drug-likeness (QED) is 0.640. The molecular weight excluding hydrogens is 254 g/mol. The number of nitrogens with two attached hydrogens (primary N) is 1. The molecule has 100 valence electrons. The van der Waals surface area contributed by atoms with E-state index >= 15 is 0 Å². The first-order valence-electron chi connectivity index (χ1n) is 6.36. The third kappa shape index (κ3) is 4.87. The summed E-state index contributed by atoms with van der Waals surface area (Å²) in [6, 6.07) is 16.2. The Kier molecular flexibility index (Phi) is 5.16. The summed E-state index contributed by atoms with van der Waals surface area (Å²) in [7, 11) is 0. The Morgan fingerprint density at radius 3 is 2.74 bits per heavy atom. The van der Waals surface area contributed by atoms with Crippen molar-refractivity contribution in [3.8, 4) is 5.75 Å². The minimum Gasteiger partial charge on any atom is -0.493 e. The first-order chi connectivity index (χ1) is 9.24. The van der Waals surface area contributed by atoms with Crippen molar-refractivity contribution in [3.05, 3.63) is 59.7 Å². The maximum absolute atomic E-state index is 5.69. The van der Waals surface area contributed by atoms with Crippen LogP contribution in [0.15, 0.2) is 48.5 Å². The number of benzene rings is 2. The van der Waals surface area contributed by atoms with Gasteiger partial charge in [-0.05, 0) is 24.6 Å². The van der Waals surface area contributed by atoms with Crippen LogP contribution in [-0.2, 0) is 5.75 Å². The van der Waals surface area contributed by atoms with Gasteiger partial charge in [0.15, 0.2) is 0 Å². The molecule has 2 aromatic rings. The van der Waals surface area contributed by atoms with E-state index < -0.39 is 0 Å². The number of nitrogen functional groups attached to an aromatic ring is 1. The van der Waals surface area contributed by atoms with Crippen LogP contribution in [0.1, 0.15) is 11.1 Å². The van der Waals surface area contributed by atoms with Crippen molar-refractivity contribution < 1.29 is 4.74 Å². The van der Waals surface area contributed by atoms with Crippen LogP contribution in [0.2, 0.25) is 0 Å². The summed E-state index contributed by atoms with van der Waals surface area (Å²) in [5.41, 5.74) is 9.12. The van der Waals surface area contributed by atoms with Gasteiger partial charge >= 0.3 is 0 Å². The standard InChI is InChI=1S/C16H19NOS/c1-13-4-2-5-14(10-13)12-19-9-8-18-16-7-3-6-15(17)11-16/h2-7,10-11H,8-9,12,17H2,1H3. The van der Waals surface area contributed by atoms with Crippen LogP contribution in [0.25, 0.3) is 0 Å². The van der Waals surface area contributed by atoms with Gasteiger partial charge < -0.3 is 10.5 Å². The highest BCUT2D eigenvalue weighted by Crippen LogP contribution is 2.16. The Bertz CT molecular complexity index is 480. The van der Waals surface area contributed by atoms with Gasteiger partial charge in [-0.2, -0.15) is 11.8 Å². The predicted molar refractivity (Wildman–Crippen MR) is 83.7 cm³/mol. The molecule has 0 aliphatic carbocycles. The number of ether oxygens (including phenoxy) is 1. The van der Waals surface area contributed by atoms with Gasteiger partial charge in [-0.25, -0.2) is 0 Å². The maximum Gasteiger partial charge on any atom is 0.121 e. The number of rotatable bonds is 6. The molecule has 0 amide bonds. The number of hydrogen-bond donors (Lipinski definition) is 1. The van der Waals surface area contributed by atoms with E-state index in [9.17, 15) is 0 Å². The molecule has 2 rings (SSSR count). The molecule has 2 aromatic carbocycles. The van der Waals surface area contributed by atoms with Crippen LogP contribution < -0.4 is 10.5 Å². The van der Waals surface area contributed by atoms with Gasteiger partial charge in [0, 0.05) is 23.3 Å². The fourth-order valence-corrected chi connectivity index (χ4v) is 2.58. The van der Waals surface area contributed by atoms with Crippen LogP contribution in [0.3, 0.4) is 0 Å². The molecule has 2 nitrogen and oxygen atoms in total. The van der Waals surface area contributed by atoms with Crippen LogP contribution in [-0.4, -0.2) is 12.4 Å². The topological polar surface area (TPSA) is 35.2 Å². The first kappa shape index (κ1) is 13.8. The maximum atomic E-state index is 5.69. The van der Waals surface area contributed by atoms with Crippen molar-refractivity contribution in [1.82, 2.24) is 0 Å². The molecule has 0 atom stereocenters. The molecule has 0 saturated heterocycles. The largest absolute Gasteiger partial charge is 0.493 e. The van der Waals surface area contributed by atoms with Gasteiger partial charge in [-0.3, -0.25) is 0 Å². The normalized spacial score (nSPS) is 10.4. The number of anilines is 1. The van der Waals surface area contributed by atoms with Gasteiger partial charge in [-0.1, -0.05) is 35.9 Å². The summed E-state index contributed by atoms with van der Waals surface area (Å²) < 4.78 is 5.65. The number of hydrogen-bond acceptors (Lipinski definition) is 3. The van der Waals surface area contributed by atoms with Gasteiger partial charge in [0.25, 0.3) is 0 Å². The SMILES string of the molecule is Cc1cccc(CSCCOc2cccc(N)c2)c1. The molecule has 0 bridgehead atoms. The third-order valence-electron chi connectivity index (χ3n) is 2.71. The Balaban J connectivity index is 1.67. The lowest BCUT2D eigenvalue weighted by atomic mass is 10.2. The van der Waals surface area contributed by atoms with E-state index in [1.54, 1.807) is 0 Å². The number of thioether (sulfide) groups is 1. The van der Waals surface area contributed by atoms with Crippen molar-refractivity contribution in [2.75, 3.05) is 18.1 Å². The van der Waals surface area contributed by atoms with E-state index in [1.807, 2.05) is 36.0 Å². The highest BCUT2D eigenvalue weighted by molar-refractivity contribution is 7.98. The van der Waals surface area contributed by atoms with Crippen molar-refractivity contribution in [2.45, 2.75) is 12.7 Å². The van der Waals surface area contributed by atoms with Crippen LogP contribution in [0.5, 0.6) is 5.75 Å². The third-order valence-corrected chi connectivity index (χ3v) is 3.70. The summed E-state index contributed by atoms with van der Waals surface area (Å²) >= 11 is 1.88. The van der Waals surface area contributed by atoms with Crippen LogP contribution in [0, 0.1) is 6.92 Å². The smallest absolute Gasteiger partial charge is 0.121 e. The highest BCUT2D eigenvalue weighted by Gasteiger charge is 1.96. The summed E-state index contributed by atoms with van der Waals surface area (Å²) in [4.78, 5) is 0. The second-order valence-corrected chi connectivity index (χ2v) is 5.57. The summed E-state index contributed by atoms with van der Waals surface area (Å²) in [6.07, 6.45) is 0. The van der Waals surface area contributed by atoms with Gasteiger partial charge in [0.2, 0.25) is 0 Å². The molecule has 0 aliphatic heterocycles. The zero-order chi connectivity index (χ0) is 13.5. The molecule has 0 radical (unpaired) electrons. The summed E-state index contributed by atoms with van der Waals surface area (Å²) in [6.45, 7) is 2.83. The number of aryl methyl sites for hydroxylation is 1. The van der Waals surface area contributed by atoms with E-state index in [-0.39, 0.29) is 0 Å². The Labute approximate surface area is 119 Å². The van der Waals surface area contributed by atoms with Crippen molar-refractivity contribution in [3.63, 3.8) is 0 Å². The minimum atomic E-state index is 0.708. The fraction of sp³-hybridized carbons (Fsp3) is 0.250. The molecule has 0 spiro atoms. The average molecular weight is 273 g/mol. The van der Waals surface area contributed by atoms with Gasteiger partial charge in [0.05, 0.1) is 6.61 Å². The molecule has 2 N–H and O–H groups in total. The monoisotopic (exact) mass is 273 g/mol. The summed E-state index contributed by atoms with van der Waals surface area (Å²) in [5, 5.41) is 0. The zero-order valence-electron chi connectivity index (χ0n) is 11.1. The molecule has 0 unspecified atom stereocenters. The minimum absolute atomic E-state index is 0.708. The van der Waals surface area contributed by atoms with Gasteiger partial charge in [-0.15, -0.1) is 0 Å². The molecular formula is C16H19NOS. The molecule has 3 heteroatoms. The lowest BCUT2D eigenvalue weighted by molar-refractivity contribution is 0.344. The van der Waals surface area contributed by atoms with Crippen molar-refractivity contribution in [2.24, 2.45) is 0 Å². The summed E-state index contributed by atoms with van der Waals surface area (Å²) in [5.74, 6) is 2.85. The van der Waals surface area contributed by atoms with Crippen molar-refractivity contribution >= 4 is 17.4 Å². The second kappa shape index (κ2) is 7.10. The second-order valence-electron chi connectivity index (χ2n) is 4.46. The molecule has 0 aromatic heterocycles. The van der Waals surface area contributed by atoms with E-state index in [0.29, 0.717) is 6.61 Å². The molecule has 0 saturated carbocycles. The zero-order valence-corrected chi connectivity index (χ0v) is 12.0.